The van der Waals surface area contributed by atoms with Gasteiger partial charge in [-0.1, -0.05) is 0 Å². The van der Waals surface area contributed by atoms with Gasteiger partial charge in [0.2, 0.25) is 5.91 Å². The number of halogens is 1. The van der Waals surface area contributed by atoms with E-state index in [-0.39, 0.29) is 17.5 Å². The van der Waals surface area contributed by atoms with Crippen molar-refractivity contribution in [3.63, 3.8) is 0 Å². The summed E-state index contributed by atoms with van der Waals surface area (Å²) in [5.41, 5.74) is 0.00444. The second-order valence-electron chi connectivity index (χ2n) is 5.10. The molecule has 2 rings (SSSR count). The number of ether oxygens (including phenoxy) is 1. The molecule has 0 aromatic heterocycles. The second-order valence-corrected chi connectivity index (χ2v) is 5.10. The molecule has 1 fully saturated rings. The van der Waals surface area contributed by atoms with Crippen molar-refractivity contribution in [2.24, 2.45) is 0 Å². The van der Waals surface area contributed by atoms with E-state index in [4.69, 9.17) is 4.74 Å². The predicted octanol–water partition coefficient (Wildman–Crippen LogP) is 1.57. The average Bonchev–Trinajstić information content (AvgIpc) is 2.47. The molecule has 1 N–H and O–H groups in total. The molecule has 0 atom stereocenters. The zero-order valence-electron chi connectivity index (χ0n) is 12.2. The number of carbonyl (C=O) groups excluding carboxylic acids is 2. The Hall–Kier alpha value is -2.11. The van der Waals surface area contributed by atoms with E-state index in [0.717, 1.165) is 0 Å². The number of nitrogens with zero attached hydrogens (tertiary/aromatic N) is 1. The van der Waals surface area contributed by atoms with E-state index in [1.165, 1.54) is 26.2 Å². The molecule has 2 amide bonds. The minimum atomic E-state index is -0.604. The van der Waals surface area contributed by atoms with Crippen molar-refractivity contribution >= 4 is 11.8 Å². The number of benzene rings is 1. The molecule has 21 heavy (non-hydrogen) atoms. The van der Waals surface area contributed by atoms with Crippen LogP contribution in [-0.2, 0) is 4.79 Å². The summed E-state index contributed by atoms with van der Waals surface area (Å²) < 4.78 is 18.7. The van der Waals surface area contributed by atoms with Crippen LogP contribution in [0.4, 0.5) is 4.39 Å². The van der Waals surface area contributed by atoms with Crippen LogP contribution in [0.5, 0.6) is 5.75 Å². The number of hydrogen-bond acceptors (Lipinski definition) is 3. The van der Waals surface area contributed by atoms with Gasteiger partial charge in [0, 0.05) is 32.1 Å². The highest BCUT2D eigenvalue weighted by Crippen LogP contribution is 2.17. The minimum absolute atomic E-state index is 0.00444. The van der Waals surface area contributed by atoms with E-state index < -0.39 is 11.7 Å². The van der Waals surface area contributed by atoms with Gasteiger partial charge in [0.25, 0.3) is 5.91 Å². The minimum Gasteiger partial charge on any atom is -0.497 e. The Kier molecular flexibility index (Phi) is 4.77. The Balaban J connectivity index is 1.95. The van der Waals surface area contributed by atoms with Crippen molar-refractivity contribution in [1.82, 2.24) is 10.2 Å². The molecule has 114 valence electrons. The van der Waals surface area contributed by atoms with E-state index in [2.05, 4.69) is 5.32 Å². The molecular weight excluding hydrogens is 275 g/mol. The first-order valence-electron chi connectivity index (χ1n) is 6.91. The lowest BCUT2D eigenvalue weighted by atomic mass is 10.0. The van der Waals surface area contributed by atoms with E-state index in [1.54, 1.807) is 11.0 Å². The molecule has 1 aromatic rings. The number of nitrogens with one attached hydrogen (secondary N) is 1. The molecule has 0 spiro atoms. The Morgan fingerprint density at radius 2 is 2.00 bits per heavy atom. The van der Waals surface area contributed by atoms with E-state index >= 15 is 0 Å². The number of methoxy groups -OCH3 is 1. The van der Waals surface area contributed by atoms with E-state index in [9.17, 15) is 14.0 Å². The summed E-state index contributed by atoms with van der Waals surface area (Å²) in [4.78, 5) is 25.1. The summed E-state index contributed by atoms with van der Waals surface area (Å²) in [5.74, 6) is -0.621. The maximum Gasteiger partial charge on any atom is 0.254 e. The molecule has 1 aromatic carbocycles. The number of piperidine rings is 1. The Morgan fingerprint density at radius 1 is 1.33 bits per heavy atom. The molecule has 6 heteroatoms. The lowest BCUT2D eigenvalue weighted by molar-refractivity contribution is -0.129. The van der Waals surface area contributed by atoms with Crippen LogP contribution in [0.25, 0.3) is 0 Å². The van der Waals surface area contributed by atoms with Gasteiger partial charge in [0.15, 0.2) is 0 Å². The van der Waals surface area contributed by atoms with Crippen LogP contribution >= 0.6 is 0 Å². The van der Waals surface area contributed by atoms with Crippen LogP contribution in [-0.4, -0.2) is 43.0 Å². The predicted molar refractivity (Wildman–Crippen MR) is 75.7 cm³/mol. The van der Waals surface area contributed by atoms with Crippen molar-refractivity contribution in [2.75, 3.05) is 20.2 Å². The first-order chi connectivity index (χ1) is 10.0. The van der Waals surface area contributed by atoms with Crippen molar-refractivity contribution in [3.8, 4) is 5.75 Å². The zero-order valence-corrected chi connectivity index (χ0v) is 12.2. The van der Waals surface area contributed by atoms with Crippen molar-refractivity contribution in [2.45, 2.75) is 25.8 Å². The monoisotopic (exact) mass is 294 g/mol. The van der Waals surface area contributed by atoms with E-state index in [1.807, 2.05) is 0 Å². The molecule has 5 nitrogen and oxygen atoms in total. The Bertz CT molecular complexity index is 540. The Morgan fingerprint density at radius 3 is 2.52 bits per heavy atom. The fourth-order valence-electron chi connectivity index (χ4n) is 2.41. The molecule has 0 aliphatic carbocycles. The van der Waals surface area contributed by atoms with Crippen LogP contribution in [0.15, 0.2) is 18.2 Å². The average molecular weight is 294 g/mol. The van der Waals surface area contributed by atoms with E-state index in [0.29, 0.717) is 31.7 Å². The van der Waals surface area contributed by atoms with Gasteiger partial charge in [0.05, 0.1) is 12.7 Å². The molecule has 0 saturated carbocycles. The largest absolute Gasteiger partial charge is 0.497 e. The second kappa shape index (κ2) is 6.56. The van der Waals surface area contributed by atoms with Crippen LogP contribution in [0.2, 0.25) is 0 Å². The number of amides is 2. The molecule has 1 aliphatic rings. The number of likely N-dealkylation sites (tertiary alicyclic amines) is 1. The summed E-state index contributed by atoms with van der Waals surface area (Å²) >= 11 is 0. The van der Waals surface area contributed by atoms with Gasteiger partial charge >= 0.3 is 0 Å². The lowest BCUT2D eigenvalue weighted by Gasteiger charge is -2.31. The summed E-state index contributed by atoms with van der Waals surface area (Å²) in [6, 6.07) is 4.12. The van der Waals surface area contributed by atoms with Crippen LogP contribution in [0.1, 0.15) is 30.1 Å². The van der Waals surface area contributed by atoms with Gasteiger partial charge < -0.3 is 15.0 Å². The molecule has 0 bridgehead atoms. The summed E-state index contributed by atoms with van der Waals surface area (Å²) in [5, 5.41) is 2.82. The molecule has 1 heterocycles. The summed E-state index contributed by atoms with van der Waals surface area (Å²) in [7, 11) is 1.44. The van der Waals surface area contributed by atoms with Crippen LogP contribution in [0, 0.1) is 5.82 Å². The van der Waals surface area contributed by atoms with Crippen LogP contribution in [0.3, 0.4) is 0 Å². The van der Waals surface area contributed by atoms with Gasteiger partial charge in [-0.15, -0.1) is 0 Å². The molecule has 1 aliphatic heterocycles. The molecular formula is C15H19FN2O3. The maximum absolute atomic E-state index is 13.8. The highest BCUT2D eigenvalue weighted by atomic mass is 19.1. The van der Waals surface area contributed by atoms with Gasteiger partial charge in [-0.2, -0.15) is 0 Å². The fraction of sp³-hybridized carbons (Fsp3) is 0.467. The molecule has 0 unspecified atom stereocenters. The SMILES string of the molecule is COc1ccc(C(=O)NC2CCN(C(C)=O)CC2)c(F)c1. The first-order valence-corrected chi connectivity index (χ1v) is 6.91. The summed E-state index contributed by atoms with van der Waals surface area (Å²) in [6.07, 6.45) is 1.37. The van der Waals surface area contributed by atoms with Gasteiger partial charge in [-0.25, -0.2) is 4.39 Å². The third kappa shape index (κ3) is 3.71. The topological polar surface area (TPSA) is 58.6 Å². The van der Waals surface area contributed by atoms with Gasteiger partial charge in [0.1, 0.15) is 11.6 Å². The normalized spacial score (nSPS) is 15.7. The third-order valence-electron chi connectivity index (χ3n) is 3.70. The zero-order chi connectivity index (χ0) is 15.4. The van der Waals surface area contributed by atoms with Gasteiger partial charge in [-0.05, 0) is 25.0 Å². The lowest BCUT2D eigenvalue weighted by Crippen LogP contribution is -2.46. The van der Waals surface area contributed by atoms with Crippen molar-refractivity contribution < 1.29 is 18.7 Å². The highest BCUT2D eigenvalue weighted by Gasteiger charge is 2.23. The quantitative estimate of drug-likeness (QED) is 0.920. The molecule has 0 radical (unpaired) electrons. The maximum atomic E-state index is 13.8. The fourth-order valence-corrected chi connectivity index (χ4v) is 2.41. The van der Waals surface area contributed by atoms with Crippen molar-refractivity contribution in [1.29, 1.82) is 0 Å². The van der Waals surface area contributed by atoms with Crippen molar-refractivity contribution in [3.05, 3.63) is 29.6 Å². The number of hydrogen-bond donors (Lipinski definition) is 1. The summed E-state index contributed by atoms with van der Waals surface area (Å²) in [6.45, 7) is 2.77. The van der Waals surface area contributed by atoms with Gasteiger partial charge in [-0.3, -0.25) is 9.59 Å². The van der Waals surface area contributed by atoms with Crippen LogP contribution < -0.4 is 10.1 Å². The smallest absolute Gasteiger partial charge is 0.254 e. The number of carbonyl (C=O) groups is 2. The Labute approximate surface area is 123 Å². The number of rotatable bonds is 3. The highest BCUT2D eigenvalue weighted by molar-refractivity contribution is 5.94. The third-order valence-corrected chi connectivity index (χ3v) is 3.70. The molecule has 1 saturated heterocycles. The first kappa shape index (κ1) is 15.3. The standard InChI is InChI=1S/C15H19FN2O3/c1-10(19)18-7-5-11(6-8-18)17-15(20)13-4-3-12(21-2)9-14(13)16/h3-4,9,11H,5-8H2,1-2H3,(H,17,20).